The lowest BCUT2D eigenvalue weighted by Gasteiger charge is -2.32. The first-order chi connectivity index (χ1) is 14.6. The second-order valence-corrected chi connectivity index (χ2v) is 8.58. The van der Waals surface area contributed by atoms with Crippen LogP contribution in [0.1, 0.15) is 52.7 Å². The van der Waals surface area contributed by atoms with Crippen molar-refractivity contribution in [3.05, 3.63) is 65.1 Å². The van der Waals surface area contributed by atoms with Crippen LogP contribution in [-0.2, 0) is 4.79 Å². The highest BCUT2D eigenvalue weighted by Crippen LogP contribution is 2.33. The Balaban J connectivity index is 2.16. The summed E-state index contributed by atoms with van der Waals surface area (Å²) in [7, 11) is 0. The lowest BCUT2D eigenvalue weighted by atomic mass is 10.1. The number of nitrogens with zero attached hydrogens (tertiary/aromatic N) is 2. The summed E-state index contributed by atoms with van der Waals surface area (Å²) in [5.74, 6) is -1.64. The van der Waals surface area contributed by atoms with Gasteiger partial charge < -0.3 is 21.2 Å². The molecule has 2 aromatic heterocycles. The topological polar surface area (TPSA) is 145 Å². The minimum Gasteiger partial charge on any atom is -0.467 e. The molecule has 0 saturated carbocycles. The van der Waals surface area contributed by atoms with Gasteiger partial charge in [-0.3, -0.25) is 19.3 Å². The molecule has 0 aliphatic heterocycles. The van der Waals surface area contributed by atoms with Crippen LogP contribution < -0.4 is 21.7 Å². The highest BCUT2D eigenvalue weighted by molar-refractivity contribution is 7.09. The molecule has 5 N–H and O–H groups in total. The first kappa shape index (κ1) is 22.0. The number of rotatable bonds is 6. The molecular formula is C21H23N5O4S. The third kappa shape index (κ3) is 4.75. The number of carbonyl (C=O) groups excluding carboxylic acids is 3. The molecule has 0 bridgehead atoms. The zero-order chi connectivity index (χ0) is 22.8. The van der Waals surface area contributed by atoms with Crippen LogP contribution in [0.25, 0.3) is 0 Å². The van der Waals surface area contributed by atoms with Crippen LogP contribution in [0, 0.1) is 0 Å². The van der Waals surface area contributed by atoms with Gasteiger partial charge in [-0.1, -0.05) is 18.2 Å². The summed E-state index contributed by atoms with van der Waals surface area (Å²) in [6.45, 7) is 5.50. The molecule has 0 aliphatic carbocycles. The molecule has 10 heteroatoms. The van der Waals surface area contributed by atoms with Crippen molar-refractivity contribution >= 4 is 40.6 Å². The normalized spacial score (nSPS) is 12.2. The number of amides is 3. The van der Waals surface area contributed by atoms with Crippen molar-refractivity contribution in [2.75, 3.05) is 10.6 Å². The molecule has 1 unspecified atom stereocenters. The molecule has 2 heterocycles. The number of carbonyl (C=O) groups is 3. The second kappa shape index (κ2) is 8.60. The van der Waals surface area contributed by atoms with Crippen molar-refractivity contribution in [3.8, 4) is 0 Å². The number of benzene rings is 1. The van der Waals surface area contributed by atoms with E-state index in [9.17, 15) is 14.4 Å². The summed E-state index contributed by atoms with van der Waals surface area (Å²) >= 11 is 0.746. The minimum absolute atomic E-state index is 0.00207. The van der Waals surface area contributed by atoms with E-state index < -0.39 is 29.3 Å². The van der Waals surface area contributed by atoms with E-state index in [0.717, 1.165) is 11.5 Å². The van der Waals surface area contributed by atoms with Gasteiger partial charge in [-0.05, 0) is 56.6 Å². The van der Waals surface area contributed by atoms with E-state index >= 15 is 0 Å². The summed E-state index contributed by atoms with van der Waals surface area (Å²) in [4.78, 5) is 39.8. The van der Waals surface area contributed by atoms with Gasteiger partial charge in [-0.2, -0.15) is 4.37 Å². The average molecular weight is 442 g/mol. The van der Waals surface area contributed by atoms with Crippen molar-refractivity contribution in [1.29, 1.82) is 0 Å². The molecule has 0 fully saturated rings. The number of furan rings is 1. The van der Waals surface area contributed by atoms with E-state index in [-0.39, 0.29) is 22.0 Å². The van der Waals surface area contributed by atoms with Gasteiger partial charge in [0, 0.05) is 11.2 Å². The van der Waals surface area contributed by atoms with E-state index in [1.165, 1.54) is 11.2 Å². The Bertz CT molecular complexity index is 1090. The molecule has 162 valence electrons. The minimum atomic E-state index is -1.14. The molecule has 0 aliphatic rings. The quantitative estimate of drug-likeness (QED) is 0.536. The monoisotopic (exact) mass is 441 g/mol. The summed E-state index contributed by atoms with van der Waals surface area (Å²) in [6.07, 6.45) is 1.42. The largest absolute Gasteiger partial charge is 0.467 e. The van der Waals surface area contributed by atoms with Crippen molar-refractivity contribution in [2.24, 2.45) is 5.73 Å². The SMILES string of the molecule is CC(C)(C)NC(=O)C(c1ccco1)N(C(=O)c1snc(C(N)=O)c1N)c1ccccc1. The van der Waals surface area contributed by atoms with Gasteiger partial charge >= 0.3 is 0 Å². The maximum atomic E-state index is 13.7. The number of hydrogen-bond acceptors (Lipinski definition) is 7. The van der Waals surface area contributed by atoms with Gasteiger partial charge in [0.15, 0.2) is 11.7 Å². The molecule has 3 rings (SSSR count). The molecule has 0 saturated heterocycles. The molecule has 3 amide bonds. The molecule has 3 aromatic rings. The van der Waals surface area contributed by atoms with Gasteiger partial charge in [0.2, 0.25) is 0 Å². The Morgan fingerprint density at radius 1 is 1.13 bits per heavy atom. The lowest BCUT2D eigenvalue weighted by molar-refractivity contribution is -0.124. The predicted octanol–water partition coefficient (Wildman–Crippen LogP) is 2.72. The Morgan fingerprint density at radius 2 is 1.81 bits per heavy atom. The van der Waals surface area contributed by atoms with Crippen LogP contribution >= 0.6 is 11.5 Å². The fraction of sp³-hybridized carbons (Fsp3) is 0.238. The summed E-state index contributed by atoms with van der Waals surface area (Å²) < 4.78 is 9.43. The smallest absolute Gasteiger partial charge is 0.273 e. The van der Waals surface area contributed by atoms with Gasteiger partial charge in [-0.25, -0.2) is 0 Å². The van der Waals surface area contributed by atoms with Crippen molar-refractivity contribution in [2.45, 2.75) is 32.4 Å². The zero-order valence-corrected chi connectivity index (χ0v) is 18.1. The lowest BCUT2D eigenvalue weighted by Crippen LogP contribution is -2.49. The van der Waals surface area contributed by atoms with Crippen LogP contribution in [0.4, 0.5) is 11.4 Å². The first-order valence-corrected chi connectivity index (χ1v) is 10.2. The van der Waals surface area contributed by atoms with Gasteiger partial charge in [0.1, 0.15) is 10.6 Å². The Hall–Kier alpha value is -3.66. The number of primary amides is 1. The van der Waals surface area contributed by atoms with Crippen molar-refractivity contribution < 1.29 is 18.8 Å². The molecule has 31 heavy (non-hydrogen) atoms. The van der Waals surface area contributed by atoms with E-state index in [0.29, 0.717) is 5.69 Å². The average Bonchev–Trinajstić information content (AvgIpc) is 3.34. The molecule has 1 aromatic carbocycles. The second-order valence-electron chi connectivity index (χ2n) is 7.81. The van der Waals surface area contributed by atoms with Gasteiger partial charge in [0.05, 0.1) is 12.0 Å². The fourth-order valence-electron chi connectivity index (χ4n) is 2.97. The third-order valence-corrected chi connectivity index (χ3v) is 5.08. The third-order valence-electron chi connectivity index (χ3n) is 4.23. The molecule has 0 spiro atoms. The molecule has 1 atom stereocenters. The van der Waals surface area contributed by atoms with E-state index in [1.807, 2.05) is 20.8 Å². The van der Waals surface area contributed by atoms with Gasteiger partial charge in [0.25, 0.3) is 17.7 Å². The zero-order valence-electron chi connectivity index (χ0n) is 17.3. The van der Waals surface area contributed by atoms with Crippen molar-refractivity contribution in [3.63, 3.8) is 0 Å². The number of anilines is 2. The standard InChI is InChI=1S/C21H23N5O4S/c1-21(2,3)24-19(28)16(13-10-7-11-30-13)26(12-8-5-4-6-9-12)20(29)17-14(22)15(18(23)27)25-31-17/h4-11,16H,22H2,1-3H3,(H2,23,27)(H,24,28). The maximum Gasteiger partial charge on any atom is 0.273 e. The highest BCUT2D eigenvalue weighted by Gasteiger charge is 2.38. The number of para-hydroxylation sites is 1. The van der Waals surface area contributed by atoms with E-state index in [2.05, 4.69) is 9.69 Å². The van der Waals surface area contributed by atoms with Gasteiger partial charge in [-0.15, -0.1) is 0 Å². The maximum absolute atomic E-state index is 13.7. The number of hydrogen-bond donors (Lipinski definition) is 3. The predicted molar refractivity (Wildman–Crippen MR) is 118 cm³/mol. The fourth-order valence-corrected chi connectivity index (χ4v) is 3.71. The first-order valence-electron chi connectivity index (χ1n) is 9.39. The van der Waals surface area contributed by atoms with Crippen LogP contribution in [0.3, 0.4) is 0 Å². The van der Waals surface area contributed by atoms with Crippen molar-refractivity contribution in [1.82, 2.24) is 9.69 Å². The summed E-state index contributed by atoms with van der Waals surface area (Å²) in [5, 5.41) is 2.89. The summed E-state index contributed by atoms with van der Waals surface area (Å²) in [6, 6.07) is 10.7. The number of aromatic nitrogens is 1. The Labute approximate surface area is 183 Å². The van der Waals surface area contributed by atoms with Crippen LogP contribution in [0.5, 0.6) is 0 Å². The summed E-state index contributed by atoms with van der Waals surface area (Å²) in [5.41, 5.74) is 10.8. The Kier molecular flexibility index (Phi) is 6.11. The molecule has 0 radical (unpaired) electrons. The van der Waals surface area contributed by atoms with Crippen LogP contribution in [-0.4, -0.2) is 27.6 Å². The van der Waals surface area contributed by atoms with Crippen LogP contribution in [0.2, 0.25) is 0 Å². The number of nitrogens with one attached hydrogen (secondary N) is 1. The molecule has 9 nitrogen and oxygen atoms in total. The van der Waals surface area contributed by atoms with Crippen LogP contribution in [0.15, 0.2) is 53.1 Å². The molecular weight excluding hydrogens is 418 g/mol. The van der Waals surface area contributed by atoms with E-state index in [1.54, 1.807) is 42.5 Å². The number of nitrogen functional groups attached to an aromatic ring is 1. The Morgan fingerprint density at radius 3 is 2.32 bits per heavy atom. The number of nitrogens with two attached hydrogens (primary N) is 2. The highest BCUT2D eigenvalue weighted by atomic mass is 32.1. The van der Waals surface area contributed by atoms with E-state index in [4.69, 9.17) is 15.9 Å².